The molecule has 0 aliphatic carbocycles. The van der Waals surface area contributed by atoms with Gasteiger partial charge < -0.3 is 10.1 Å². The molecule has 0 amide bonds. The van der Waals surface area contributed by atoms with Crippen molar-refractivity contribution < 1.29 is 9.66 Å². The number of hydrogen-bond acceptors (Lipinski definition) is 4. The maximum atomic E-state index is 10.7. The average Bonchev–Trinajstić information content (AvgIpc) is 2.36. The van der Waals surface area contributed by atoms with Crippen molar-refractivity contribution in [2.45, 2.75) is 13.3 Å². The van der Waals surface area contributed by atoms with Gasteiger partial charge in [0.15, 0.2) is 0 Å². The minimum absolute atomic E-state index is 0.000838. The highest BCUT2D eigenvalue weighted by molar-refractivity contribution is 9.10. The number of nitro groups is 1. The monoisotopic (exact) mass is 328 g/mol. The van der Waals surface area contributed by atoms with Crippen LogP contribution in [0.5, 0.6) is 5.75 Å². The molecule has 0 fully saturated rings. The van der Waals surface area contributed by atoms with Crippen molar-refractivity contribution in [2.24, 2.45) is 0 Å². The highest BCUT2D eigenvalue weighted by atomic mass is 79.9. The van der Waals surface area contributed by atoms with Gasteiger partial charge in [-0.3, -0.25) is 10.1 Å². The molecular formula is C13H17BrN2O3. The lowest BCUT2D eigenvalue weighted by Gasteiger charge is -2.09. The second kappa shape index (κ2) is 7.91. The average molecular weight is 329 g/mol. The Morgan fingerprint density at radius 1 is 1.53 bits per heavy atom. The summed E-state index contributed by atoms with van der Waals surface area (Å²) in [6.45, 7) is 7.93. The molecule has 0 aliphatic rings. The molecule has 1 aromatic carbocycles. The summed E-state index contributed by atoms with van der Waals surface area (Å²) in [5.41, 5.74) is 0.898. The van der Waals surface area contributed by atoms with Gasteiger partial charge in [-0.15, -0.1) is 0 Å². The smallest absolute Gasteiger partial charge is 0.274 e. The largest absolute Gasteiger partial charge is 0.489 e. The fraction of sp³-hybridized carbons (Fsp3) is 0.385. The Morgan fingerprint density at radius 2 is 2.26 bits per heavy atom. The Kier molecular flexibility index (Phi) is 6.52. The van der Waals surface area contributed by atoms with E-state index in [1.807, 2.05) is 0 Å². The molecule has 0 radical (unpaired) electrons. The molecule has 104 valence electrons. The molecule has 5 nitrogen and oxygen atoms in total. The van der Waals surface area contributed by atoms with Gasteiger partial charge in [0.25, 0.3) is 5.69 Å². The second-order valence-electron chi connectivity index (χ2n) is 4.12. The van der Waals surface area contributed by atoms with E-state index in [2.05, 4.69) is 34.7 Å². The maximum Gasteiger partial charge on any atom is 0.274 e. The van der Waals surface area contributed by atoms with E-state index in [4.69, 9.17) is 4.74 Å². The number of rotatable bonds is 8. The number of ether oxygens (including phenoxy) is 1. The van der Waals surface area contributed by atoms with Gasteiger partial charge in [-0.1, -0.05) is 29.4 Å². The zero-order valence-corrected chi connectivity index (χ0v) is 12.4. The third-order valence-electron chi connectivity index (χ3n) is 2.31. The Labute approximate surface area is 120 Å². The van der Waals surface area contributed by atoms with E-state index in [0.29, 0.717) is 23.4 Å². The van der Waals surface area contributed by atoms with Crippen LogP contribution < -0.4 is 10.1 Å². The Balaban J connectivity index is 2.53. The molecule has 0 heterocycles. The highest BCUT2D eigenvalue weighted by Crippen LogP contribution is 2.26. The molecular weight excluding hydrogens is 312 g/mol. The van der Waals surface area contributed by atoms with Crippen molar-refractivity contribution in [2.75, 3.05) is 19.7 Å². The first-order chi connectivity index (χ1) is 9.02. The number of nitrogens with one attached hydrogen (secondary N) is 1. The van der Waals surface area contributed by atoms with Gasteiger partial charge >= 0.3 is 0 Å². The molecule has 0 atom stereocenters. The molecule has 0 aliphatic heterocycles. The van der Waals surface area contributed by atoms with Crippen molar-refractivity contribution >= 4 is 21.6 Å². The molecule has 0 unspecified atom stereocenters. The van der Waals surface area contributed by atoms with Crippen LogP contribution in [0.3, 0.4) is 0 Å². The summed E-state index contributed by atoms with van der Waals surface area (Å²) in [4.78, 5) is 10.3. The zero-order chi connectivity index (χ0) is 14.3. The Morgan fingerprint density at radius 3 is 2.89 bits per heavy atom. The van der Waals surface area contributed by atoms with Crippen molar-refractivity contribution in [1.82, 2.24) is 5.32 Å². The van der Waals surface area contributed by atoms with E-state index >= 15 is 0 Å². The van der Waals surface area contributed by atoms with Gasteiger partial charge in [0.2, 0.25) is 0 Å². The summed E-state index contributed by atoms with van der Waals surface area (Å²) in [7, 11) is 0. The molecule has 1 rings (SSSR count). The first-order valence-corrected chi connectivity index (χ1v) is 6.77. The standard InChI is InChI=1S/C13H17BrN2O3/c1-3-4-15-8-10(2)9-19-13-6-11(14)5-12(7-13)16(17)18/h5-7,15H,2-4,8-9H2,1H3. The predicted octanol–water partition coefficient (Wildman–Crippen LogP) is 3.29. The first-order valence-electron chi connectivity index (χ1n) is 5.98. The van der Waals surface area contributed by atoms with Crippen LogP contribution in [0.4, 0.5) is 5.69 Å². The Bertz CT molecular complexity index is 463. The molecule has 6 heteroatoms. The summed E-state index contributed by atoms with van der Waals surface area (Å²) >= 11 is 3.22. The van der Waals surface area contributed by atoms with Crippen molar-refractivity contribution in [3.05, 3.63) is 44.9 Å². The quantitative estimate of drug-likeness (QED) is 0.344. The third-order valence-corrected chi connectivity index (χ3v) is 2.77. The van der Waals surface area contributed by atoms with Gasteiger partial charge in [0, 0.05) is 17.1 Å². The summed E-state index contributed by atoms with van der Waals surface area (Å²) < 4.78 is 6.11. The number of benzene rings is 1. The number of halogens is 1. The summed E-state index contributed by atoms with van der Waals surface area (Å²) in [5.74, 6) is 0.456. The second-order valence-corrected chi connectivity index (χ2v) is 5.03. The van der Waals surface area contributed by atoms with Crippen molar-refractivity contribution in [1.29, 1.82) is 0 Å². The SMILES string of the molecule is C=C(CNCCC)COc1cc(Br)cc([N+](=O)[O-])c1. The minimum atomic E-state index is -0.449. The van der Waals surface area contributed by atoms with Crippen LogP contribution in [0.2, 0.25) is 0 Å². The fourth-order valence-corrected chi connectivity index (χ4v) is 1.88. The van der Waals surface area contributed by atoms with Crippen LogP contribution in [0.1, 0.15) is 13.3 Å². The topological polar surface area (TPSA) is 64.4 Å². The molecule has 19 heavy (non-hydrogen) atoms. The van der Waals surface area contributed by atoms with Crippen molar-refractivity contribution in [3.8, 4) is 5.75 Å². The summed E-state index contributed by atoms with van der Waals surface area (Å²) in [6.07, 6.45) is 1.06. The van der Waals surface area contributed by atoms with Crippen LogP contribution in [0.25, 0.3) is 0 Å². The number of non-ortho nitro benzene ring substituents is 1. The van der Waals surface area contributed by atoms with Crippen LogP contribution >= 0.6 is 15.9 Å². The molecule has 1 N–H and O–H groups in total. The molecule has 0 saturated heterocycles. The van der Waals surface area contributed by atoms with E-state index in [-0.39, 0.29) is 5.69 Å². The molecule has 0 saturated carbocycles. The van der Waals surface area contributed by atoms with E-state index in [1.54, 1.807) is 6.07 Å². The molecule has 1 aromatic rings. The molecule has 0 bridgehead atoms. The van der Waals surface area contributed by atoms with Gasteiger partial charge in [-0.05, 0) is 24.6 Å². The predicted molar refractivity (Wildman–Crippen MR) is 78.6 cm³/mol. The lowest BCUT2D eigenvalue weighted by atomic mass is 10.3. The zero-order valence-electron chi connectivity index (χ0n) is 10.8. The third kappa shape index (κ3) is 5.85. The van der Waals surface area contributed by atoms with E-state index in [0.717, 1.165) is 18.5 Å². The number of nitro benzene ring substituents is 1. The van der Waals surface area contributed by atoms with Gasteiger partial charge in [-0.25, -0.2) is 0 Å². The normalized spacial score (nSPS) is 10.2. The number of hydrogen-bond donors (Lipinski definition) is 1. The fourth-order valence-electron chi connectivity index (χ4n) is 1.42. The van der Waals surface area contributed by atoms with E-state index in [9.17, 15) is 10.1 Å². The summed E-state index contributed by atoms with van der Waals surface area (Å²) in [5, 5.41) is 13.9. The van der Waals surface area contributed by atoms with E-state index in [1.165, 1.54) is 12.1 Å². The lowest BCUT2D eigenvalue weighted by Crippen LogP contribution is -2.20. The Hall–Kier alpha value is -1.40. The lowest BCUT2D eigenvalue weighted by molar-refractivity contribution is -0.385. The van der Waals surface area contributed by atoms with Gasteiger partial charge in [0.05, 0.1) is 11.0 Å². The van der Waals surface area contributed by atoms with Crippen LogP contribution in [0.15, 0.2) is 34.8 Å². The van der Waals surface area contributed by atoms with Crippen LogP contribution in [0, 0.1) is 10.1 Å². The molecule has 0 aromatic heterocycles. The van der Waals surface area contributed by atoms with Crippen LogP contribution in [-0.4, -0.2) is 24.6 Å². The van der Waals surface area contributed by atoms with E-state index < -0.39 is 4.92 Å². The van der Waals surface area contributed by atoms with Crippen molar-refractivity contribution in [3.63, 3.8) is 0 Å². The summed E-state index contributed by atoms with van der Waals surface area (Å²) in [6, 6.07) is 4.53. The molecule has 0 spiro atoms. The van der Waals surface area contributed by atoms with Gasteiger partial charge in [0.1, 0.15) is 12.4 Å². The van der Waals surface area contributed by atoms with Gasteiger partial charge in [-0.2, -0.15) is 0 Å². The highest BCUT2D eigenvalue weighted by Gasteiger charge is 2.09. The van der Waals surface area contributed by atoms with Crippen LogP contribution in [-0.2, 0) is 0 Å². The maximum absolute atomic E-state index is 10.7. The number of nitrogens with zero attached hydrogens (tertiary/aromatic N) is 1. The minimum Gasteiger partial charge on any atom is -0.489 e. The first kappa shape index (κ1) is 15.7.